The van der Waals surface area contributed by atoms with Crippen LogP contribution in [-0.2, 0) is 90.6 Å². The fourth-order valence-electron chi connectivity index (χ4n) is 17.3. The van der Waals surface area contributed by atoms with Crippen molar-refractivity contribution >= 4 is 123 Å². The summed E-state index contributed by atoms with van der Waals surface area (Å²) < 4.78 is 54.6. The van der Waals surface area contributed by atoms with Gasteiger partial charge in [-0.2, -0.15) is 20.2 Å². The summed E-state index contributed by atoms with van der Waals surface area (Å²) in [6.07, 6.45) is 23.6. The van der Waals surface area contributed by atoms with Gasteiger partial charge in [-0.15, -0.1) is 11.6 Å². The van der Waals surface area contributed by atoms with E-state index >= 15 is 0 Å². The number of ketones is 1. The Morgan fingerprint density at radius 2 is 1.08 bits per heavy atom. The van der Waals surface area contributed by atoms with Crippen molar-refractivity contribution in [3.63, 3.8) is 0 Å². The number of alkyl halides is 2. The number of hydrogen-bond acceptors (Lipinski definition) is 18. The van der Waals surface area contributed by atoms with Gasteiger partial charge < -0.3 is 59.7 Å². The molecule has 6 aromatic rings. The molecule has 0 saturated carbocycles. The quantitative estimate of drug-likeness (QED) is 0.0354. The number of ether oxygens (including phenoxy) is 3. The van der Waals surface area contributed by atoms with Crippen molar-refractivity contribution in [2.75, 3.05) is 102 Å². The molecule has 0 fully saturated rings. The topological polar surface area (TPSA) is 253 Å². The summed E-state index contributed by atoms with van der Waals surface area (Å²) in [5.41, 5.74) is 30.3. The average molecular weight is 1600 g/mol. The van der Waals surface area contributed by atoms with Gasteiger partial charge in [0.2, 0.25) is 11.8 Å². The number of carboxylic acids is 1. The number of fused-ring (bicyclic) bond motifs is 8. The first-order valence-electron chi connectivity index (χ1n) is 38.2. The molecule has 109 heavy (non-hydrogen) atoms. The molecule has 1 aromatic heterocycles. The maximum Gasteiger partial charge on any atom is 0.336 e. The Hall–Kier alpha value is -8.58. The number of thioether (sulfide) groups is 1. The van der Waals surface area contributed by atoms with Crippen LogP contribution < -0.4 is 55.8 Å². The van der Waals surface area contributed by atoms with Gasteiger partial charge >= 0.3 is 11.6 Å². The van der Waals surface area contributed by atoms with Gasteiger partial charge in [-0.25, -0.2) is 4.79 Å². The third-order valence-electron chi connectivity index (χ3n) is 22.3. The SMILES string of the molecule is C=C1C=C(CBr)c2cc3c4c(c2O1)CCCN4CCC3.C=C1C=C(CCl)c2cc3c4c(c2O1)CCCN4CCC3.C=C1C=C(COS(=O)(=O)c2ccc(C)cc2)c2cc3c4c(c2O1)CCCN4CCC3.CC(=O)[C@H](N)CCC(=O)N[C@H](CSCc1cc(=O)oc2c3c4c(cc12)CCCN4CCC3)C(=O)NCC(=O)O. The number of halogens is 2. The number of nitrogens with zero attached hydrogens (tertiary/aromatic N) is 4. The number of amides is 2. The number of aryl methyl sites for hydroxylation is 6. The molecule has 24 heteroatoms. The van der Waals surface area contributed by atoms with Crippen LogP contribution in [0.2, 0.25) is 0 Å². The number of carbonyl (C=O) groups excluding carboxylic acids is 3. The van der Waals surface area contributed by atoms with E-state index in [4.69, 9.17) is 45.3 Å². The van der Waals surface area contributed by atoms with E-state index < -0.39 is 52.2 Å². The fraction of sp³-hybridized carbons (Fsp3) is 0.424. The van der Waals surface area contributed by atoms with E-state index in [-0.39, 0.29) is 35.9 Å². The Labute approximate surface area is 655 Å². The number of benzene rings is 5. The van der Waals surface area contributed by atoms with E-state index in [0.29, 0.717) is 28.7 Å². The molecular weight excluding hydrogens is 1510 g/mol. The normalized spacial score (nSPS) is 17.8. The smallest absolute Gasteiger partial charge is 0.336 e. The molecule has 0 aliphatic carbocycles. The Kier molecular flexibility index (Phi) is 23.8. The van der Waals surface area contributed by atoms with E-state index in [1.807, 2.05) is 13.0 Å². The third kappa shape index (κ3) is 16.7. The van der Waals surface area contributed by atoms with Gasteiger partial charge in [0.05, 0.1) is 17.5 Å². The number of carboxylic acid groups (broad SMARTS) is 1. The molecule has 2 atom stereocenters. The van der Waals surface area contributed by atoms with Gasteiger partial charge in [0, 0.05) is 155 Å². The van der Waals surface area contributed by atoms with E-state index in [1.54, 1.807) is 30.3 Å². The molecule has 20 nitrogen and oxygen atoms in total. The number of allylic oxidation sites excluding steroid dienone is 5. The molecule has 0 spiro atoms. The number of nitrogens with one attached hydrogen (secondary N) is 2. The molecule has 11 aliphatic heterocycles. The summed E-state index contributed by atoms with van der Waals surface area (Å²) in [4.78, 5) is 70.0. The van der Waals surface area contributed by atoms with Crippen LogP contribution in [0.25, 0.3) is 27.7 Å². The summed E-state index contributed by atoms with van der Waals surface area (Å²) in [5.74, 6) is 3.37. The number of Topliss-reactive ketones (excluding diaryl/α,β-unsaturated/α-hetero) is 1. The van der Waals surface area contributed by atoms with Crippen LogP contribution in [0.5, 0.6) is 17.2 Å². The molecule has 0 saturated heterocycles. The summed E-state index contributed by atoms with van der Waals surface area (Å²) in [6, 6.07) is 15.3. The first kappa shape index (κ1) is 77.2. The van der Waals surface area contributed by atoms with Gasteiger partial charge in [0.25, 0.3) is 10.1 Å². The lowest BCUT2D eigenvalue weighted by Crippen LogP contribution is -2.49. The molecule has 0 unspecified atom stereocenters. The summed E-state index contributed by atoms with van der Waals surface area (Å²) in [5, 5.41) is 15.6. The lowest BCUT2D eigenvalue weighted by Gasteiger charge is -2.39. The molecule has 0 bridgehead atoms. The second-order valence-electron chi connectivity index (χ2n) is 29.8. The van der Waals surface area contributed by atoms with Crippen molar-refractivity contribution in [2.45, 2.75) is 152 Å². The zero-order chi connectivity index (χ0) is 76.4. The molecule has 574 valence electrons. The van der Waals surface area contributed by atoms with E-state index in [1.165, 1.54) is 168 Å². The number of anilines is 4. The van der Waals surface area contributed by atoms with E-state index in [2.05, 4.69) is 96.2 Å². The van der Waals surface area contributed by atoms with Crippen molar-refractivity contribution in [1.82, 2.24) is 10.6 Å². The highest BCUT2D eigenvalue weighted by Crippen LogP contribution is 2.51. The van der Waals surface area contributed by atoms with Crippen molar-refractivity contribution < 1.29 is 55.5 Å². The molecule has 5 N–H and O–H groups in total. The van der Waals surface area contributed by atoms with Gasteiger partial charge in [-0.1, -0.05) is 53.4 Å². The second-order valence-corrected chi connectivity index (χ2v) is 33.3. The third-order valence-corrected chi connectivity index (χ3v) is 25.5. The Morgan fingerprint density at radius 3 is 1.56 bits per heavy atom. The molecule has 12 heterocycles. The highest BCUT2D eigenvalue weighted by atomic mass is 79.9. The maximum absolute atomic E-state index is 12.7. The minimum atomic E-state index is -3.85. The van der Waals surface area contributed by atoms with E-state index in [0.717, 1.165) is 158 Å². The van der Waals surface area contributed by atoms with E-state index in [9.17, 15) is 32.4 Å². The summed E-state index contributed by atoms with van der Waals surface area (Å²) >= 11 is 11.1. The second kappa shape index (κ2) is 33.6. The van der Waals surface area contributed by atoms with Crippen LogP contribution in [0.4, 0.5) is 22.7 Å². The predicted molar refractivity (Wildman–Crippen MR) is 436 cm³/mol. The van der Waals surface area contributed by atoms with Crippen LogP contribution in [0.1, 0.15) is 143 Å². The minimum Gasteiger partial charge on any atom is -0.480 e. The summed E-state index contributed by atoms with van der Waals surface area (Å²) in [7, 11) is -3.85. The van der Waals surface area contributed by atoms with Crippen LogP contribution in [-0.4, -0.2) is 132 Å². The molecule has 0 radical (unpaired) electrons. The average Bonchev–Trinajstić information content (AvgIpc) is 0.763. The number of hydrogen-bond donors (Lipinski definition) is 4. The molecule has 5 aromatic carbocycles. The fourth-order valence-corrected chi connectivity index (χ4v) is 19.9. The zero-order valence-corrected chi connectivity index (χ0v) is 66.1. The number of nitrogens with two attached hydrogens (primary N) is 1. The van der Waals surface area contributed by atoms with Gasteiger partial charge in [0.1, 0.15) is 58.5 Å². The summed E-state index contributed by atoms with van der Waals surface area (Å²) in [6.45, 7) is 23.5. The number of aliphatic carboxylic acids is 1. The number of rotatable bonds is 18. The first-order chi connectivity index (χ1) is 52.6. The maximum atomic E-state index is 12.7. The van der Waals surface area contributed by atoms with Gasteiger partial charge in [-0.05, 0) is 222 Å². The molecule has 2 amide bonds. The van der Waals surface area contributed by atoms with Gasteiger partial charge in [-0.3, -0.25) is 23.4 Å². The standard InChI is InChI=1S/C27H34N4O7S.C24H25NO4S.C17H18BrNO.C17H18ClNO/c1-15(32)20(28)6-7-22(33)30-21(27(37)29-12-23(34)35)14-39-13-17-11-24(36)38-26-18-5-3-9-31-8-2-4-16(25(18)31)10-19(17)26;1-16-7-9-20(10-8-16)30(26,27)28-15-19-13-17(2)29-24-21-6-4-12-25-11-3-5-18(23(21)25)14-22(19)24;2*1-11-8-13(10-18)15-9-12-4-2-6-19-7-3-5-14(16(12)19)17(15)20-11/h10-11,20-21H,2-9,12-14,28H2,1H3,(H,29,37)(H,30,33)(H,34,35);7-10,13-14H,2-6,11-12,15H2,1H3;2*8-9H,1-7,10H2/t20-,21-;;;/m1.../s1. The van der Waals surface area contributed by atoms with Crippen molar-refractivity contribution in [1.29, 1.82) is 0 Å². The Morgan fingerprint density at radius 1 is 0.642 bits per heavy atom. The zero-order valence-electron chi connectivity index (χ0n) is 62.1. The Bertz CT molecular complexity index is 4850. The largest absolute Gasteiger partial charge is 0.480 e. The van der Waals surface area contributed by atoms with Gasteiger partial charge in [0.15, 0.2) is 0 Å². The Balaban J connectivity index is 0.000000126. The van der Waals surface area contributed by atoms with Crippen molar-refractivity contribution in [3.8, 4) is 17.2 Å². The lowest BCUT2D eigenvalue weighted by atomic mass is 9.86. The highest BCUT2D eigenvalue weighted by molar-refractivity contribution is 9.09. The molecule has 17 rings (SSSR count). The highest BCUT2D eigenvalue weighted by Gasteiger charge is 2.36. The monoisotopic (exact) mass is 1600 g/mol. The van der Waals surface area contributed by atoms with Crippen molar-refractivity contribution in [2.24, 2.45) is 5.73 Å². The lowest BCUT2D eigenvalue weighted by molar-refractivity contribution is -0.138. The minimum absolute atomic E-state index is 0.0481. The molecular formula is C85H95BrClN7O13S2. The van der Waals surface area contributed by atoms with Crippen LogP contribution in [0.15, 0.2) is 124 Å². The van der Waals surface area contributed by atoms with Crippen LogP contribution >= 0.6 is 39.3 Å². The molecule has 11 aliphatic rings. The number of carbonyl (C=O) groups is 4. The van der Waals surface area contributed by atoms with Crippen LogP contribution in [0, 0.1) is 6.92 Å². The predicted octanol–water partition coefficient (Wildman–Crippen LogP) is 13.5. The van der Waals surface area contributed by atoms with Crippen LogP contribution in [0.3, 0.4) is 0 Å². The van der Waals surface area contributed by atoms with Crippen molar-refractivity contribution in [3.05, 3.63) is 193 Å². The first-order valence-corrected chi connectivity index (χ1v) is 42.4.